The molecule has 0 saturated heterocycles. The van der Waals surface area contributed by atoms with E-state index >= 15 is 0 Å². The smallest absolute Gasteiger partial charge is 0.203 e. The molecule has 0 saturated carbocycles. The highest BCUT2D eigenvalue weighted by Gasteiger charge is 2.21. The van der Waals surface area contributed by atoms with Crippen molar-refractivity contribution in [2.24, 2.45) is 0 Å². The fraction of sp³-hybridized carbons (Fsp3) is 0.240. The van der Waals surface area contributed by atoms with Gasteiger partial charge < -0.3 is 14.1 Å². The first-order chi connectivity index (χ1) is 13.9. The van der Waals surface area contributed by atoms with Crippen molar-refractivity contribution in [1.82, 2.24) is 4.58 Å². The molecule has 2 aromatic rings. The first-order valence-electron chi connectivity index (χ1n) is 9.72. The largest absolute Gasteiger partial charge is 0.496 e. The number of rotatable bonds is 3. The highest BCUT2D eigenvalue weighted by molar-refractivity contribution is 6.04. The number of benzene rings is 3. The van der Waals surface area contributed by atoms with Crippen molar-refractivity contribution >= 4 is 16.7 Å². The van der Waals surface area contributed by atoms with Crippen molar-refractivity contribution in [3.05, 3.63) is 65.5 Å². The lowest BCUT2D eigenvalue weighted by atomic mass is 9.92. The van der Waals surface area contributed by atoms with Crippen LogP contribution in [0, 0.1) is 6.92 Å². The van der Waals surface area contributed by atoms with Crippen LogP contribution in [-0.2, 0) is 0 Å². The van der Waals surface area contributed by atoms with Crippen LogP contribution in [0.2, 0.25) is 0 Å². The van der Waals surface area contributed by atoms with Crippen LogP contribution in [0.15, 0.2) is 59.0 Å². The summed E-state index contributed by atoms with van der Waals surface area (Å²) in [5, 5.41) is 2.18. The lowest BCUT2D eigenvalue weighted by Gasteiger charge is -2.19. The van der Waals surface area contributed by atoms with E-state index in [1.165, 1.54) is 5.56 Å². The molecule has 0 atom stereocenters. The summed E-state index contributed by atoms with van der Waals surface area (Å²) in [5.41, 5.74) is 6.44. The van der Waals surface area contributed by atoms with Crippen LogP contribution in [0.25, 0.3) is 33.4 Å². The number of hydrogen-bond donors (Lipinski definition) is 0. The summed E-state index contributed by atoms with van der Waals surface area (Å²) in [6.07, 6.45) is 0. The van der Waals surface area contributed by atoms with Gasteiger partial charge in [-0.1, -0.05) is 11.6 Å². The second-order valence-corrected chi connectivity index (χ2v) is 7.83. The van der Waals surface area contributed by atoms with Gasteiger partial charge in [-0.05, 0) is 37.3 Å². The molecule has 4 heteroatoms. The van der Waals surface area contributed by atoms with Gasteiger partial charge in [0.15, 0.2) is 0 Å². The Morgan fingerprint density at radius 2 is 1.69 bits per heavy atom. The minimum atomic E-state index is 0.859. The number of nitrogens with zero attached hydrogens (tertiary/aromatic N) is 2. The van der Waals surface area contributed by atoms with Gasteiger partial charge in [-0.3, -0.25) is 0 Å². The molecule has 0 unspecified atom stereocenters. The fourth-order valence-electron chi connectivity index (χ4n) is 3.73. The third-order valence-corrected chi connectivity index (χ3v) is 5.35. The van der Waals surface area contributed by atoms with E-state index in [-0.39, 0.29) is 0 Å². The molecule has 0 N–H and O–H groups in total. The summed E-state index contributed by atoms with van der Waals surface area (Å²) in [6, 6.07) is 19.0. The van der Waals surface area contributed by atoms with Gasteiger partial charge in [0.2, 0.25) is 5.36 Å². The zero-order chi connectivity index (χ0) is 20.7. The van der Waals surface area contributed by atoms with Crippen LogP contribution in [0.3, 0.4) is 0 Å². The number of ether oxygens (including phenoxy) is 1. The number of aryl methyl sites for hydroxylation is 1. The Labute approximate surface area is 171 Å². The second kappa shape index (κ2) is 7.28. The Bertz CT molecular complexity index is 1250. The average Bonchev–Trinajstić information content (AvgIpc) is 2.70. The van der Waals surface area contributed by atoms with Crippen molar-refractivity contribution in [2.75, 3.05) is 40.2 Å². The maximum absolute atomic E-state index is 6.40. The highest BCUT2D eigenvalue weighted by atomic mass is 16.5. The van der Waals surface area contributed by atoms with Gasteiger partial charge in [0.05, 0.1) is 13.2 Å². The number of hydrogen-bond acceptors (Lipinski definition) is 3. The molecule has 4 nitrogen and oxygen atoms in total. The van der Waals surface area contributed by atoms with Gasteiger partial charge in [0.25, 0.3) is 0 Å². The Kier molecular flexibility index (Phi) is 4.79. The number of methoxy groups -OCH3 is 1. The van der Waals surface area contributed by atoms with Crippen molar-refractivity contribution in [3.63, 3.8) is 0 Å². The Morgan fingerprint density at radius 3 is 2.38 bits per heavy atom. The van der Waals surface area contributed by atoms with Crippen LogP contribution >= 0.6 is 0 Å². The average molecular weight is 388 g/mol. The van der Waals surface area contributed by atoms with E-state index in [2.05, 4.69) is 64.9 Å². The van der Waals surface area contributed by atoms with E-state index in [4.69, 9.17) is 9.15 Å². The van der Waals surface area contributed by atoms with Gasteiger partial charge in [0, 0.05) is 54.0 Å². The number of anilines is 1. The van der Waals surface area contributed by atoms with E-state index in [9.17, 15) is 0 Å². The first kappa shape index (κ1) is 19.1. The van der Waals surface area contributed by atoms with E-state index in [0.717, 1.165) is 50.2 Å². The molecular formula is C25H27N2O2+. The van der Waals surface area contributed by atoms with Crippen molar-refractivity contribution < 1.29 is 9.15 Å². The van der Waals surface area contributed by atoms with Crippen LogP contribution in [0.1, 0.15) is 5.56 Å². The van der Waals surface area contributed by atoms with Gasteiger partial charge in [0.1, 0.15) is 31.2 Å². The summed E-state index contributed by atoms with van der Waals surface area (Å²) in [6.45, 7) is 2.11. The Hall–Kier alpha value is -3.27. The van der Waals surface area contributed by atoms with Crippen molar-refractivity contribution in [3.8, 4) is 28.2 Å². The third kappa shape index (κ3) is 3.35. The molecule has 0 spiro atoms. The van der Waals surface area contributed by atoms with Crippen LogP contribution in [0.5, 0.6) is 5.75 Å². The normalized spacial score (nSPS) is 11.1. The summed E-state index contributed by atoms with van der Waals surface area (Å²) >= 11 is 0. The molecule has 2 aromatic carbocycles. The highest BCUT2D eigenvalue weighted by Crippen LogP contribution is 2.44. The summed E-state index contributed by atoms with van der Waals surface area (Å²) in [7, 11) is 9.88. The van der Waals surface area contributed by atoms with Gasteiger partial charge in [-0.25, -0.2) is 4.58 Å². The SMILES string of the molecule is COc1ccc(C)cc1-c1c2ccc(=[N+](C)C)cc-2oc2cc(N(C)C)ccc12. The van der Waals surface area contributed by atoms with Crippen LogP contribution < -0.4 is 19.6 Å². The lowest BCUT2D eigenvalue weighted by Crippen LogP contribution is -2.21. The van der Waals surface area contributed by atoms with E-state index in [1.54, 1.807) is 7.11 Å². The molecule has 0 aromatic heterocycles. The number of fused-ring (bicyclic) bond motifs is 2. The summed E-state index contributed by atoms with van der Waals surface area (Å²) in [4.78, 5) is 2.09. The van der Waals surface area contributed by atoms with Gasteiger partial charge >= 0.3 is 0 Å². The molecule has 0 fully saturated rings. The third-order valence-electron chi connectivity index (χ3n) is 5.35. The molecule has 2 aliphatic rings. The molecular weight excluding hydrogens is 360 g/mol. The molecule has 148 valence electrons. The zero-order valence-corrected chi connectivity index (χ0v) is 17.9. The predicted octanol–water partition coefficient (Wildman–Crippen LogP) is 4.62. The van der Waals surface area contributed by atoms with Crippen molar-refractivity contribution in [1.29, 1.82) is 0 Å². The van der Waals surface area contributed by atoms with Crippen LogP contribution in [0.4, 0.5) is 5.69 Å². The van der Waals surface area contributed by atoms with E-state index in [0.29, 0.717) is 0 Å². The van der Waals surface area contributed by atoms with E-state index < -0.39 is 0 Å². The topological polar surface area (TPSA) is 28.6 Å². The molecule has 29 heavy (non-hydrogen) atoms. The summed E-state index contributed by atoms with van der Waals surface area (Å²) < 4.78 is 14.2. The monoisotopic (exact) mass is 387 g/mol. The molecule has 1 heterocycles. The maximum Gasteiger partial charge on any atom is 0.203 e. The molecule has 1 aliphatic carbocycles. The fourth-order valence-corrected chi connectivity index (χ4v) is 3.73. The van der Waals surface area contributed by atoms with E-state index in [1.807, 2.05) is 34.3 Å². The standard InChI is InChI=1S/C25H27N2O2/c1-16-7-12-22(28-6)21(13-16)25-19-10-8-17(26(2)3)14-23(19)29-24-15-18(27(4)5)9-11-20(24)25/h7-15H,1-6H3/q+1. The minimum absolute atomic E-state index is 0.859. The second-order valence-electron chi connectivity index (χ2n) is 7.83. The Balaban J connectivity index is 2.18. The lowest BCUT2D eigenvalue weighted by molar-refractivity contribution is 0.416. The first-order valence-corrected chi connectivity index (χ1v) is 9.72. The molecule has 0 amide bonds. The van der Waals surface area contributed by atoms with Crippen molar-refractivity contribution in [2.45, 2.75) is 6.92 Å². The minimum Gasteiger partial charge on any atom is -0.496 e. The predicted molar refractivity (Wildman–Crippen MR) is 121 cm³/mol. The Morgan fingerprint density at radius 1 is 0.897 bits per heavy atom. The zero-order valence-electron chi connectivity index (χ0n) is 17.9. The quantitative estimate of drug-likeness (QED) is 0.379. The van der Waals surface area contributed by atoms with Gasteiger partial charge in [-0.15, -0.1) is 0 Å². The molecule has 1 aliphatic heterocycles. The molecule has 4 rings (SSSR count). The molecule has 0 bridgehead atoms. The molecule has 0 radical (unpaired) electrons. The van der Waals surface area contributed by atoms with Gasteiger partial charge in [-0.2, -0.15) is 0 Å². The van der Waals surface area contributed by atoms with Crippen LogP contribution in [-0.4, -0.2) is 35.3 Å². The maximum atomic E-state index is 6.40. The summed E-state index contributed by atoms with van der Waals surface area (Å²) in [5.74, 6) is 1.72.